The minimum atomic E-state index is 0.789. The van der Waals surface area contributed by atoms with Crippen LogP contribution in [0.3, 0.4) is 0 Å². The van der Waals surface area contributed by atoms with Gasteiger partial charge in [0.15, 0.2) is 0 Å². The van der Waals surface area contributed by atoms with Crippen molar-refractivity contribution in [3.63, 3.8) is 0 Å². The van der Waals surface area contributed by atoms with Crippen molar-refractivity contribution in [2.75, 3.05) is 19.6 Å². The van der Waals surface area contributed by atoms with Gasteiger partial charge in [-0.25, -0.2) is 0 Å². The maximum Gasteiger partial charge on any atom is 0.0626 e. The van der Waals surface area contributed by atoms with Crippen LogP contribution in [0.5, 0.6) is 0 Å². The predicted molar refractivity (Wildman–Crippen MR) is 55.6 cm³/mol. The summed E-state index contributed by atoms with van der Waals surface area (Å²) in [7, 11) is 0. The van der Waals surface area contributed by atoms with E-state index in [1.807, 2.05) is 0 Å². The second-order valence-corrected chi connectivity index (χ2v) is 4.89. The highest BCUT2D eigenvalue weighted by Gasteiger charge is 2.43. The van der Waals surface area contributed by atoms with Crippen LogP contribution in [0.25, 0.3) is 0 Å². The SMILES string of the molecule is CCN1C2CCC1N(CC(C)C)C2. The fourth-order valence-electron chi connectivity index (χ4n) is 3.03. The lowest BCUT2D eigenvalue weighted by Crippen LogP contribution is -2.38. The maximum absolute atomic E-state index is 2.68. The third kappa shape index (κ3) is 1.62. The number of likely N-dealkylation sites (N-methyl/N-ethyl adjacent to an activating group) is 1. The third-order valence-corrected chi connectivity index (χ3v) is 3.44. The highest BCUT2D eigenvalue weighted by Crippen LogP contribution is 2.34. The molecule has 2 heteroatoms. The highest BCUT2D eigenvalue weighted by atomic mass is 15.4. The Morgan fingerprint density at radius 2 is 2.08 bits per heavy atom. The first kappa shape index (κ1) is 9.47. The van der Waals surface area contributed by atoms with Gasteiger partial charge in [-0.05, 0) is 25.3 Å². The van der Waals surface area contributed by atoms with Gasteiger partial charge in [0.1, 0.15) is 0 Å². The molecule has 0 amide bonds. The van der Waals surface area contributed by atoms with Crippen molar-refractivity contribution in [2.45, 2.75) is 45.8 Å². The largest absolute Gasteiger partial charge is 0.286 e. The molecule has 0 aromatic carbocycles. The van der Waals surface area contributed by atoms with Gasteiger partial charge < -0.3 is 0 Å². The van der Waals surface area contributed by atoms with Crippen LogP contribution in [0.4, 0.5) is 0 Å². The van der Waals surface area contributed by atoms with Crippen LogP contribution in [-0.4, -0.2) is 41.6 Å². The van der Waals surface area contributed by atoms with Crippen LogP contribution in [0.2, 0.25) is 0 Å². The minimum absolute atomic E-state index is 0.789. The summed E-state index contributed by atoms with van der Waals surface area (Å²) in [6, 6.07) is 0.883. The van der Waals surface area contributed by atoms with E-state index in [9.17, 15) is 0 Å². The molecule has 2 aliphatic heterocycles. The highest BCUT2D eigenvalue weighted by molar-refractivity contribution is 4.96. The zero-order valence-corrected chi connectivity index (χ0v) is 9.16. The molecule has 2 nitrogen and oxygen atoms in total. The first-order valence-corrected chi connectivity index (χ1v) is 5.72. The lowest BCUT2D eigenvalue weighted by atomic mass is 10.1. The Morgan fingerprint density at radius 3 is 2.62 bits per heavy atom. The van der Waals surface area contributed by atoms with Gasteiger partial charge in [-0.3, -0.25) is 9.80 Å². The molecule has 0 radical (unpaired) electrons. The van der Waals surface area contributed by atoms with Crippen LogP contribution >= 0.6 is 0 Å². The Bertz CT molecular complexity index is 179. The lowest BCUT2D eigenvalue weighted by molar-refractivity contribution is 0.141. The Morgan fingerprint density at radius 1 is 1.31 bits per heavy atom. The van der Waals surface area contributed by atoms with Gasteiger partial charge in [0.05, 0.1) is 6.17 Å². The number of nitrogens with zero attached hydrogens (tertiary/aromatic N) is 2. The van der Waals surface area contributed by atoms with E-state index >= 15 is 0 Å². The lowest BCUT2D eigenvalue weighted by Gasteiger charge is -2.28. The molecule has 13 heavy (non-hydrogen) atoms. The summed E-state index contributed by atoms with van der Waals surface area (Å²) in [5.74, 6) is 0.818. The van der Waals surface area contributed by atoms with Crippen molar-refractivity contribution < 1.29 is 0 Å². The molecule has 2 saturated heterocycles. The van der Waals surface area contributed by atoms with E-state index < -0.39 is 0 Å². The Hall–Kier alpha value is -0.0800. The average Bonchev–Trinajstić information content (AvgIpc) is 2.58. The molecular weight excluding hydrogens is 160 g/mol. The summed E-state index contributed by atoms with van der Waals surface area (Å²) < 4.78 is 0. The van der Waals surface area contributed by atoms with E-state index in [-0.39, 0.29) is 0 Å². The van der Waals surface area contributed by atoms with Crippen molar-refractivity contribution in [3.05, 3.63) is 0 Å². The van der Waals surface area contributed by atoms with E-state index in [1.165, 1.54) is 32.5 Å². The molecule has 2 atom stereocenters. The summed E-state index contributed by atoms with van der Waals surface area (Å²) in [4.78, 5) is 5.37. The number of piperidine rings is 1. The van der Waals surface area contributed by atoms with E-state index in [1.54, 1.807) is 0 Å². The number of hydrogen-bond acceptors (Lipinski definition) is 2. The van der Waals surface area contributed by atoms with Gasteiger partial charge in [-0.1, -0.05) is 20.8 Å². The van der Waals surface area contributed by atoms with E-state index in [0.29, 0.717) is 0 Å². The molecule has 2 unspecified atom stereocenters. The van der Waals surface area contributed by atoms with Crippen molar-refractivity contribution >= 4 is 0 Å². The summed E-state index contributed by atoms with van der Waals surface area (Å²) in [5.41, 5.74) is 0. The van der Waals surface area contributed by atoms with Crippen molar-refractivity contribution in [2.24, 2.45) is 5.92 Å². The summed E-state index contributed by atoms with van der Waals surface area (Å²) >= 11 is 0. The Balaban J connectivity index is 1.96. The normalized spacial score (nSPS) is 35.1. The standard InChI is InChI=1S/C11H22N2/c1-4-13-10-5-6-11(13)12(8-10)7-9(2)3/h9-11H,4-8H2,1-3H3. The molecule has 0 aromatic rings. The Kier molecular flexibility index (Phi) is 2.61. The first-order valence-electron chi connectivity index (χ1n) is 5.72. The Labute approximate surface area is 81.9 Å². The van der Waals surface area contributed by atoms with Gasteiger partial charge in [-0.2, -0.15) is 0 Å². The van der Waals surface area contributed by atoms with Gasteiger partial charge in [-0.15, -0.1) is 0 Å². The zero-order valence-electron chi connectivity index (χ0n) is 9.16. The van der Waals surface area contributed by atoms with Gasteiger partial charge >= 0.3 is 0 Å². The fourth-order valence-corrected chi connectivity index (χ4v) is 3.03. The van der Waals surface area contributed by atoms with E-state index in [2.05, 4.69) is 30.6 Å². The minimum Gasteiger partial charge on any atom is -0.286 e. The first-order chi connectivity index (χ1) is 6.22. The van der Waals surface area contributed by atoms with Crippen LogP contribution in [0, 0.1) is 5.92 Å². The van der Waals surface area contributed by atoms with Gasteiger partial charge in [0, 0.05) is 19.1 Å². The maximum atomic E-state index is 2.68. The average molecular weight is 182 g/mol. The number of fused-ring (bicyclic) bond motifs is 2. The summed E-state index contributed by atoms with van der Waals surface area (Å²) in [6.07, 6.45) is 3.63. The molecule has 2 rings (SSSR count). The van der Waals surface area contributed by atoms with Crippen LogP contribution in [-0.2, 0) is 0 Å². The molecular formula is C11H22N2. The second-order valence-electron chi connectivity index (χ2n) is 4.89. The van der Waals surface area contributed by atoms with Gasteiger partial charge in [0.2, 0.25) is 0 Å². The van der Waals surface area contributed by atoms with Crippen LogP contribution in [0.1, 0.15) is 33.6 Å². The fraction of sp³-hybridized carbons (Fsp3) is 1.00. The molecule has 2 aliphatic rings. The topological polar surface area (TPSA) is 6.48 Å². The van der Waals surface area contributed by atoms with E-state index in [4.69, 9.17) is 0 Å². The van der Waals surface area contributed by atoms with Crippen molar-refractivity contribution in [1.82, 2.24) is 9.80 Å². The molecule has 0 spiro atoms. The quantitative estimate of drug-likeness (QED) is 0.656. The van der Waals surface area contributed by atoms with Crippen LogP contribution < -0.4 is 0 Å². The third-order valence-electron chi connectivity index (χ3n) is 3.44. The number of likely N-dealkylation sites (tertiary alicyclic amines) is 1. The molecule has 2 bridgehead atoms. The molecule has 0 aromatic heterocycles. The molecule has 76 valence electrons. The van der Waals surface area contributed by atoms with Crippen LogP contribution in [0.15, 0.2) is 0 Å². The van der Waals surface area contributed by atoms with Crippen molar-refractivity contribution in [1.29, 1.82) is 0 Å². The molecule has 0 aliphatic carbocycles. The molecule has 0 saturated carbocycles. The smallest absolute Gasteiger partial charge is 0.0626 e. The molecule has 2 fully saturated rings. The zero-order chi connectivity index (χ0) is 9.42. The second kappa shape index (κ2) is 3.58. The monoisotopic (exact) mass is 182 g/mol. The van der Waals surface area contributed by atoms with E-state index in [0.717, 1.165) is 18.1 Å². The molecule has 2 heterocycles. The predicted octanol–water partition coefficient (Wildman–Crippen LogP) is 1.77. The summed E-state index contributed by atoms with van der Waals surface area (Å²) in [5, 5.41) is 0. The number of rotatable bonds is 3. The summed E-state index contributed by atoms with van der Waals surface area (Å²) in [6.45, 7) is 10.8. The number of hydrogen-bond donors (Lipinski definition) is 0. The van der Waals surface area contributed by atoms with Crippen molar-refractivity contribution in [3.8, 4) is 0 Å². The van der Waals surface area contributed by atoms with Gasteiger partial charge in [0.25, 0.3) is 0 Å². The molecule has 0 N–H and O–H groups in total.